The molecule has 2 rings (SSSR count). The Hall–Kier alpha value is -1.48. The minimum absolute atomic E-state index is 0.377. The van der Waals surface area contributed by atoms with E-state index in [-0.39, 0.29) is 0 Å². The van der Waals surface area contributed by atoms with E-state index < -0.39 is 33.4 Å². The molecule has 1 amide bonds. The summed E-state index contributed by atoms with van der Waals surface area (Å²) < 4.78 is 4.82. The van der Waals surface area contributed by atoms with E-state index >= 15 is 0 Å². The van der Waals surface area contributed by atoms with Crippen molar-refractivity contribution in [2.75, 3.05) is 4.90 Å². The minimum atomic E-state index is -1.34. The average Bonchev–Trinajstić information content (AvgIpc) is 2.41. The van der Waals surface area contributed by atoms with Crippen molar-refractivity contribution in [2.24, 2.45) is 5.73 Å². The lowest BCUT2D eigenvalue weighted by Crippen LogP contribution is -2.58. The highest BCUT2D eigenvalue weighted by atomic mass is 127. The van der Waals surface area contributed by atoms with Crippen LogP contribution >= 0.6 is 22.6 Å². The van der Waals surface area contributed by atoms with Crippen LogP contribution in [0.4, 0.5) is 5.69 Å². The Balaban J connectivity index is 2.48. The molecule has 7 heteroatoms. The fraction of sp³-hybridized carbons (Fsp3) is 0.438. The van der Waals surface area contributed by atoms with Gasteiger partial charge in [0.05, 0.1) is 6.04 Å². The quantitative estimate of drug-likeness (QED) is 0.341. The zero-order valence-corrected chi connectivity index (χ0v) is 15.4. The molecule has 1 aliphatic rings. The third-order valence-electron chi connectivity index (χ3n) is 3.35. The summed E-state index contributed by atoms with van der Waals surface area (Å²) in [7, 11) is 0. The summed E-state index contributed by atoms with van der Waals surface area (Å²) in [6.07, 6.45) is 0.377. The van der Waals surface area contributed by atoms with Crippen LogP contribution in [-0.2, 0) is 25.5 Å². The SMILES string of the molecule is CC(C)(C)OC(=O)C(C(=O)I)N1C(=O)C(N)Cc2ccccc21. The highest BCUT2D eigenvalue weighted by Gasteiger charge is 2.43. The number of nitrogens with zero attached hydrogens (tertiary/aromatic N) is 1. The van der Waals surface area contributed by atoms with Crippen LogP contribution in [0.2, 0.25) is 0 Å². The summed E-state index contributed by atoms with van der Waals surface area (Å²) in [5.74, 6) is -1.21. The molecule has 0 spiro atoms. The lowest BCUT2D eigenvalue weighted by molar-refractivity contribution is -0.158. The predicted octanol–water partition coefficient (Wildman–Crippen LogP) is 1.57. The van der Waals surface area contributed by atoms with E-state index in [9.17, 15) is 14.4 Å². The number of carbonyl (C=O) groups excluding carboxylic acids is 3. The molecular weight excluding hydrogens is 411 g/mol. The minimum Gasteiger partial charge on any atom is -0.458 e. The number of fused-ring (bicyclic) bond motifs is 1. The number of halogens is 1. The van der Waals surface area contributed by atoms with Crippen molar-refractivity contribution in [3.8, 4) is 0 Å². The lowest BCUT2D eigenvalue weighted by Gasteiger charge is -2.36. The van der Waals surface area contributed by atoms with E-state index in [4.69, 9.17) is 10.5 Å². The molecule has 0 bridgehead atoms. The number of carbonyl (C=O) groups is 3. The van der Waals surface area contributed by atoms with E-state index in [1.165, 1.54) is 27.5 Å². The molecule has 2 N–H and O–H groups in total. The monoisotopic (exact) mass is 430 g/mol. The zero-order valence-electron chi connectivity index (χ0n) is 13.2. The molecule has 0 aliphatic carbocycles. The first-order valence-corrected chi connectivity index (χ1v) is 8.28. The van der Waals surface area contributed by atoms with Gasteiger partial charge in [0.15, 0.2) is 0 Å². The van der Waals surface area contributed by atoms with E-state index in [2.05, 4.69) is 0 Å². The van der Waals surface area contributed by atoms with Crippen LogP contribution in [0.1, 0.15) is 26.3 Å². The first kappa shape index (κ1) is 17.9. The Morgan fingerprint density at radius 1 is 1.35 bits per heavy atom. The Labute approximate surface area is 148 Å². The largest absolute Gasteiger partial charge is 0.458 e. The molecule has 23 heavy (non-hydrogen) atoms. The van der Waals surface area contributed by atoms with Gasteiger partial charge in [-0.1, -0.05) is 18.2 Å². The topological polar surface area (TPSA) is 89.7 Å². The van der Waals surface area contributed by atoms with Gasteiger partial charge in [0.2, 0.25) is 15.7 Å². The number of benzene rings is 1. The standard InChI is InChI=1S/C16H19IN2O4/c1-16(2,3)23-15(22)12(13(17)20)19-11-7-5-4-6-9(11)8-10(18)14(19)21/h4-7,10,12H,8,18H2,1-3H3. The number of hydrogen-bond donors (Lipinski definition) is 1. The van der Waals surface area contributed by atoms with Crippen LogP contribution in [0.25, 0.3) is 0 Å². The van der Waals surface area contributed by atoms with E-state index in [0.29, 0.717) is 12.1 Å². The number of esters is 1. The normalized spacial score (nSPS) is 19.1. The molecule has 124 valence electrons. The van der Waals surface area contributed by atoms with Crippen molar-refractivity contribution in [3.63, 3.8) is 0 Å². The van der Waals surface area contributed by atoms with Gasteiger partial charge >= 0.3 is 5.97 Å². The molecular formula is C16H19IN2O4. The molecule has 0 saturated heterocycles. The molecule has 2 unspecified atom stereocenters. The van der Waals surface area contributed by atoms with Crippen molar-refractivity contribution >= 4 is 43.9 Å². The number of ether oxygens (including phenoxy) is 1. The maximum Gasteiger partial charge on any atom is 0.338 e. The summed E-state index contributed by atoms with van der Waals surface area (Å²) in [5.41, 5.74) is 6.48. The third-order valence-corrected chi connectivity index (χ3v) is 3.94. The maximum absolute atomic E-state index is 12.5. The molecule has 1 heterocycles. The first-order chi connectivity index (χ1) is 10.6. The number of anilines is 1. The molecule has 0 aromatic heterocycles. The van der Waals surface area contributed by atoms with Crippen molar-refractivity contribution in [2.45, 2.75) is 44.9 Å². The van der Waals surface area contributed by atoms with Gasteiger partial charge < -0.3 is 10.5 Å². The molecule has 0 radical (unpaired) electrons. The number of nitrogens with two attached hydrogens (primary N) is 1. The second-order valence-electron chi connectivity index (χ2n) is 6.39. The number of para-hydroxylation sites is 1. The van der Waals surface area contributed by atoms with Crippen molar-refractivity contribution in [1.82, 2.24) is 0 Å². The van der Waals surface area contributed by atoms with Crippen molar-refractivity contribution < 1.29 is 19.1 Å². The maximum atomic E-state index is 12.5. The van der Waals surface area contributed by atoms with Crippen molar-refractivity contribution in [1.29, 1.82) is 0 Å². The Morgan fingerprint density at radius 2 is 1.96 bits per heavy atom. The van der Waals surface area contributed by atoms with Crippen LogP contribution in [-0.4, -0.2) is 33.4 Å². The molecule has 1 aromatic rings. The highest BCUT2D eigenvalue weighted by Crippen LogP contribution is 2.30. The summed E-state index contributed by atoms with van der Waals surface area (Å²) in [6.45, 7) is 5.12. The van der Waals surface area contributed by atoms with Crippen LogP contribution in [0.3, 0.4) is 0 Å². The van der Waals surface area contributed by atoms with Crippen LogP contribution in [0.15, 0.2) is 24.3 Å². The Morgan fingerprint density at radius 3 is 2.52 bits per heavy atom. The summed E-state index contributed by atoms with van der Waals surface area (Å²) in [6, 6.07) is 4.99. The van der Waals surface area contributed by atoms with Gasteiger partial charge in [-0.3, -0.25) is 14.5 Å². The van der Waals surface area contributed by atoms with Crippen LogP contribution in [0.5, 0.6) is 0 Å². The van der Waals surface area contributed by atoms with Gasteiger partial charge in [-0.2, -0.15) is 0 Å². The molecule has 1 aliphatic heterocycles. The van der Waals surface area contributed by atoms with E-state index in [1.54, 1.807) is 32.9 Å². The van der Waals surface area contributed by atoms with E-state index in [1.807, 2.05) is 12.1 Å². The van der Waals surface area contributed by atoms with Gasteiger partial charge in [0.1, 0.15) is 5.60 Å². The molecule has 6 nitrogen and oxygen atoms in total. The Bertz CT molecular complexity index is 654. The summed E-state index contributed by atoms with van der Waals surface area (Å²) in [4.78, 5) is 38.3. The van der Waals surface area contributed by atoms with Gasteiger partial charge in [0.25, 0.3) is 0 Å². The van der Waals surface area contributed by atoms with E-state index in [0.717, 1.165) is 5.56 Å². The zero-order chi connectivity index (χ0) is 17.4. The van der Waals surface area contributed by atoms with Crippen molar-refractivity contribution in [3.05, 3.63) is 29.8 Å². The molecule has 0 fully saturated rings. The summed E-state index contributed by atoms with van der Waals surface area (Å²) >= 11 is 1.52. The second kappa shape index (κ2) is 6.56. The molecule has 1 aromatic carbocycles. The van der Waals surface area contributed by atoms with Gasteiger partial charge in [0, 0.05) is 28.3 Å². The summed E-state index contributed by atoms with van der Waals surface area (Å²) in [5, 5.41) is 0. The first-order valence-electron chi connectivity index (χ1n) is 7.20. The average molecular weight is 430 g/mol. The second-order valence-corrected chi connectivity index (χ2v) is 7.45. The smallest absolute Gasteiger partial charge is 0.338 e. The molecule has 0 saturated carbocycles. The third kappa shape index (κ3) is 3.89. The number of hydrogen-bond acceptors (Lipinski definition) is 5. The van der Waals surface area contributed by atoms with Gasteiger partial charge in [-0.25, -0.2) is 4.79 Å². The molecule has 2 atom stereocenters. The number of rotatable bonds is 3. The fourth-order valence-corrected chi connectivity index (χ4v) is 3.00. The van der Waals surface area contributed by atoms with Gasteiger partial charge in [-0.05, 0) is 38.8 Å². The number of amides is 1. The Kier molecular flexibility index (Phi) is 5.10. The van der Waals surface area contributed by atoms with Crippen LogP contribution < -0.4 is 10.6 Å². The lowest BCUT2D eigenvalue weighted by atomic mass is 9.96. The highest BCUT2D eigenvalue weighted by molar-refractivity contribution is 14.1. The predicted molar refractivity (Wildman–Crippen MR) is 94.3 cm³/mol. The fourth-order valence-electron chi connectivity index (χ4n) is 2.46. The van der Waals surface area contributed by atoms with Crippen LogP contribution in [0, 0.1) is 0 Å². The van der Waals surface area contributed by atoms with Gasteiger partial charge in [-0.15, -0.1) is 0 Å².